The Balaban J connectivity index is 2.02. The van der Waals surface area contributed by atoms with Crippen LogP contribution in [0.25, 0.3) is 0 Å². The van der Waals surface area contributed by atoms with E-state index in [0.29, 0.717) is 11.4 Å². The lowest BCUT2D eigenvalue weighted by atomic mass is 10.2. The first kappa shape index (κ1) is 11.3. The van der Waals surface area contributed by atoms with Crippen molar-refractivity contribution in [3.05, 3.63) is 24.3 Å². The quantitative estimate of drug-likeness (QED) is 0.794. The summed E-state index contributed by atoms with van der Waals surface area (Å²) in [4.78, 5) is 22.5. The number of anilines is 1. The van der Waals surface area contributed by atoms with Crippen molar-refractivity contribution in [2.24, 2.45) is 0 Å². The highest BCUT2D eigenvalue weighted by molar-refractivity contribution is 5.98. The van der Waals surface area contributed by atoms with Crippen molar-refractivity contribution in [1.29, 1.82) is 0 Å². The molecule has 0 aliphatic carbocycles. The maximum Gasteiger partial charge on any atom is 0.406 e. The average molecular weight is 236 g/mol. The summed E-state index contributed by atoms with van der Waals surface area (Å²) in [7, 11) is 1.26. The fraction of sp³-hybridized carbons (Fsp3) is 0.273. The molecule has 1 aromatic rings. The normalized spacial score (nSPS) is 17.5. The van der Waals surface area contributed by atoms with Crippen LogP contribution >= 0.6 is 0 Å². The maximum absolute atomic E-state index is 11.6. The SMILES string of the molecule is COC(=O)NCC1Oc2ccccc2NC1=O. The van der Waals surface area contributed by atoms with Gasteiger partial charge in [0, 0.05) is 0 Å². The molecule has 1 aliphatic rings. The number of fused-ring (bicyclic) bond motifs is 1. The van der Waals surface area contributed by atoms with Gasteiger partial charge in [-0.1, -0.05) is 12.1 Å². The van der Waals surface area contributed by atoms with Crippen LogP contribution in [0.1, 0.15) is 0 Å². The van der Waals surface area contributed by atoms with Crippen molar-refractivity contribution in [1.82, 2.24) is 5.32 Å². The van der Waals surface area contributed by atoms with Gasteiger partial charge in [0.1, 0.15) is 5.75 Å². The van der Waals surface area contributed by atoms with Crippen molar-refractivity contribution in [3.63, 3.8) is 0 Å². The standard InChI is InChI=1S/C11H12N2O4/c1-16-11(15)12-6-9-10(14)13-7-4-2-3-5-8(7)17-9/h2-5,9H,6H2,1H3,(H,12,15)(H,13,14). The van der Waals surface area contributed by atoms with Crippen molar-refractivity contribution < 1.29 is 19.1 Å². The lowest BCUT2D eigenvalue weighted by molar-refractivity contribution is -0.123. The molecule has 1 aliphatic heterocycles. The van der Waals surface area contributed by atoms with Crippen molar-refractivity contribution >= 4 is 17.7 Å². The first-order chi connectivity index (χ1) is 8.20. The highest BCUT2D eigenvalue weighted by atomic mass is 16.5. The lowest BCUT2D eigenvalue weighted by Gasteiger charge is -2.25. The van der Waals surface area contributed by atoms with Gasteiger partial charge >= 0.3 is 6.09 Å². The van der Waals surface area contributed by atoms with Crippen molar-refractivity contribution in [2.45, 2.75) is 6.10 Å². The molecule has 2 amide bonds. The van der Waals surface area contributed by atoms with E-state index < -0.39 is 12.2 Å². The second kappa shape index (κ2) is 4.73. The van der Waals surface area contributed by atoms with Crippen LogP contribution in [0.3, 0.4) is 0 Å². The monoisotopic (exact) mass is 236 g/mol. The summed E-state index contributed by atoms with van der Waals surface area (Å²) in [5.41, 5.74) is 0.631. The minimum absolute atomic E-state index is 0.0623. The fourth-order valence-electron chi connectivity index (χ4n) is 1.48. The molecule has 1 heterocycles. The van der Waals surface area contributed by atoms with Crippen LogP contribution in [0.2, 0.25) is 0 Å². The molecular weight excluding hydrogens is 224 g/mol. The second-order valence-corrected chi connectivity index (χ2v) is 3.46. The molecule has 6 heteroatoms. The minimum atomic E-state index is -0.746. The molecule has 1 atom stereocenters. The summed E-state index contributed by atoms with van der Waals surface area (Å²) in [5, 5.41) is 5.11. The average Bonchev–Trinajstić information content (AvgIpc) is 2.35. The Morgan fingerprint density at radius 3 is 3.06 bits per heavy atom. The number of para-hydroxylation sites is 2. The summed E-state index contributed by atoms with van der Waals surface area (Å²) < 4.78 is 9.87. The number of ether oxygens (including phenoxy) is 2. The number of benzene rings is 1. The minimum Gasteiger partial charge on any atom is -0.477 e. The molecule has 2 rings (SSSR count). The van der Waals surface area contributed by atoms with E-state index in [9.17, 15) is 9.59 Å². The van der Waals surface area contributed by atoms with Crippen LogP contribution in [0.5, 0.6) is 5.75 Å². The molecule has 2 N–H and O–H groups in total. The van der Waals surface area contributed by atoms with Crippen LogP contribution < -0.4 is 15.4 Å². The van der Waals surface area contributed by atoms with Gasteiger partial charge < -0.3 is 20.1 Å². The zero-order valence-electron chi connectivity index (χ0n) is 9.23. The van der Waals surface area contributed by atoms with Crippen LogP contribution in [0, 0.1) is 0 Å². The molecule has 0 radical (unpaired) electrons. The zero-order valence-corrected chi connectivity index (χ0v) is 9.23. The van der Waals surface area contributed by atoms with Crippen LogP contribution in [-0.2, 0) is 9.53 Å². The van der Waals surface area contributed by atoms with E-state index in [0.717, 1.165) is 0 Å². The van der Waals surface area contributed by atoms with Gasteiger partial charge in [-0.3, -0.25) is 4.79 Å². The molecule has 0 fully saturated rings. The molecule has 6 nitrogen and oxygen atoms in total. The largest absolute Gasteiger partial charge is 0.477 e. The molecule has 90 valence electrons. The summed E-state index contributed by atoms with van der Waals surface area (Å²) in [6, 6.07) is 7.10. The number of carbonyl (C=O) groups is 2. The third-order valence-corrected chi connectivity index (χ3v) is 2.32. The summed E-state index contributed by atoms with van der Waals surface area (Å²) in [6.07, 6.45) is -1.34. The first-order valence-corrected chi connectivity index (χ1v) is 5.09. The smallest absolute Gasteiger partial charge is 0.406 e. The van der Waals surface area contributed by atoms with E-state index in [-0.39, 0.29) is 12.5 Å². The predicted octanol–water partition coefficient (Wildman–Crippen LogP) is 0.742. The number of rotatable bonds is 2. The van der Waals surface area contributed by atoms with E-state index in [4.69, 9.17) is 4.74 Å². The third-order valence-electron chi connectivity index (χ3n) is 2.32. The maximum atomic E-state index is 11.6. The van der Waals surface area contributed by atoms with Gasteiger partial charge in [-0.15, -0.1) is 0 Å². The Morgan fingerprint density at radius 1 is 1.53 bits per heavy atom. The van der Waals surface area contributed by atoms with Gasteiger partial charge in [0.25, 0.3) is 5.91 Å². The number of hydrogen-bond acceptors (Lipinski definition) is 4. The number of nitrogens with one attached hydrogen (secondary N) is 2. The molecule has 1 aromatic carbocycles. The van der Waals surface area contributed by atoms with Gasteiger partial charge in [-0.2, -0.15) is 0 Å². The summed E-state index contributed by atoms with van der Waals surface area (Å²) in [6.45, 7) is 0.0623. The van der Waals surface area contributed by atoms with Gasteiger partial charge in [0.05, 0.1) is 19.3 Å². The van der Waals surface area contributed by atoms with Crippen LogP contribution in [0.4, 0.5) is 10.5 Å². The zero-order chi connectivity index (χ0) is 12.3. The fourth-order valence-corrected chi connectivity index (χ4v) is 1.48. The molecular formula is C11H12N2O4. The Labute approximate surface area is 97.9 Å². The highest BCUT2D eigenvalue weighted by Gasteiger charge is 2.27. The van der Waals surface area contributed by atoms with Crippen LogP contribution in [-0.4, -0.2) is 31.8 Å². The number of alkyl carbamates (subject to hydrolysis) is 1. The van der Waals surface area contributed by atoms with E-state index in [1.54, 1.807) is 24.3 Å². The van der Waals surface area contributed by atoms with E-state index in [2.05, 4.69) is 15.4 Å². The molecule has 0 bridgehead atoms. The predicted molar refractivity (Wildman–Crippen MR) is 59.9 cm³/mol. The van der Waals surface area contributed by atoms with Gasteiger partial charge in [0.15, 0.2) is 6.10 Å². The molecule has 1 unspecified atom stereocenters. The number of hydrogen-bond donors (Lipinski definition) is 2. The number of carbonyl (C=O) groups excluding carboxylic acids is 2. The molecule has 0 saturated carbocycles. The van der Waals surface area contributed by atoms with E-state index in [1.807, 2.05) is 0 Å². The van der Waals surface area contributed by atoms with Crippen molar-refractivity contribution in [2.75, 3.05) is 19.0 Å². The van der Waals surface area contributed by atoms with E-state index >= 15 is 0 Å². The van der Waals surface area contributed by atoms with Gasteiger partial charge in [0.2, 0.25) is 0 Å². The summed E-state index contributed by atoms with van der Waals surface area (Å²) in [5.74, 6) is 0.295. The topological polar surface area (TPSA) is 76.7 Å². The Bertz CT molecular complexity index is 447. The van der Waals surface area contributed by atoms with Crippen molar-refractivity contribution in [3.8, 4) is 5.75 Å². The Hall–Kier alpha value is -2.24. The van der Waals surface area contributed by atoms with Crippen LogP contribution in [0.15, 0.2) is 24.3 Å². The Kier molecular flexibility index (Phi) is 3.13. The molecule has 0 aromatic heterocycles. The Morgan fingerprint density at radius 2 is 2.29 bits per heavy atom. The second-order valence-electron chi connectivity index (χ2n) is 3.46. The number of methoxy groups -OCH3 is 1. The van der Waals surface area contributed by atoms with Gasteiger partial charge in [-0.25, -0.2) is 4.79 Å². The van der Waals surface area contributed by atoms with E-state index in [1.165, 1.54) is 7.11 Å². The molecule has 0 spiro atoms. The molecule has 17 heavy (non-hydrogen) atoms. The first-order valence-electron chi connectivity index (χ1n) is 5.09. The summed E-state index contributed by atoms with van der Waals surface area (Å²) >= 11 is 0. The third kappa shape index (κ3) is 2.47. The van der Waals surface area contributed by atoms with Gasteiger partial charge in [-0.05, 0) is 12.1 Å². The lowest BCUT2D eigenvalue weighted by Crippen LogP contribution is -2.45. The highest BCUT2D eigenvalue weighted by Crippen LogP contribution is 2.28. The molecule has 0 saturated heterocycles. The number of amides is 2.